The Morgan fingerprint density at radius 3 is 1.18 bits per heavy atom. The van der Waals surface area contributed by atoms with Gasteiger partial charge < -0.3 is 145 Å². The summed E-state index contributed by atoms with van der Waals surface area (Å²) in [6, 6.07) is 3.78. The number of thiol groups is 1. The molecule has 0 saturated carbocycles. The van der Waals surface area contributed by atoms with Crippen LogP contribution >= 0.6 is 12.6 Å². The summed E-state index contributed by atoms with van der Waals surface area (Å²) in [5, 5.41) is 77.9. The molecular formula is C86H137N25O20S. The van der Waals surface area contributed by atoms with Crippen LogP contribution in [0.25, 0.3) is 0 Å². The van der Waals surface area contributed by atoms with Crippen LogP contribution in [-0.2, 0) is 101 Å². The van der Waals surface area contributed by atoms with Crippen molar-refractivity contribution in [3.8, 4) is 11.5 Å². The van der Waals surface area contributed by atoms with E-state index in [1.807, 2.05) is 0 Å². The van der Waals surface area contributed by atoms with E-state index < -0.39 is 212 Å². The first-order valence-electron chi connectivity index (χ1n) is 44.5. The van der Waals surface area contributed by atoms with Crippen LogP contribution < -0.4 is 125 Å². The Balaban J connectivity index is 1.52. The number of rotatable bonds is 64. The number of guanidine groups is 1. The fraction of sp³-hybridized carbons (Fsp3) is 0.581. The second-order valence-corrected chi connectivity index (χ2v) is 32.7. The third-order valence-electron chi connectivity index (χ3n) is 21.3. The fourth-order valence-electron chi connectivity index (χ4n) is 13.9. The molecule has 132 heavy (non-hydrogen) atoms. The molecule has 0 spiro atoms. The molecule has 1 heterocycles. The number of hydrogen-bond donors (Lipinski definition) is 28. The van der Waals surface area contributed by atoms with Crippen LogP contribution in [0.15, 0.2) is 78.9 Å². The number of amides is 16. The zero-order chi connectivity index (χ0) is 97.6. The van der Waals surface area contributed by atoms with Crippen molar-refractivity contribution in [2.24, 2.45) is 46.1 Å². The number of nitrogens with two attached hydrogens (primary N) is 7. The molecule has 34 N–H and O–H groups in total. The van der Waals surface area contributed by atoms with Gasteiger partial charge in [-0.05, 0) is 195 Å². The minimum absolute atomic E-state index is 0.00460. The molecule has 0 aromatic heterocycles. The van der Waals surface area contributed by atoms with Crippen LogP contribution in [0, 0.1) is 11.3 Å². The number of aromatic hydroxyl groups is 2. The number of phenolic OH excluding ortho intramolecular Hbond substituents is 2. The summed E-state index contributed by atoms with van der Waals surface area (Å²) >= 11 is 4.31. The highest BCUT2D eigenvalue weighted by molar-refractivity contribution is 7.80. The van der Waals surface area contributed by atoms with Crippen molar-refractivity contribution in [2.45, 2.75) is 228 Å². The summed E-state index contributed by atoms with van der Waals surface area (Å²) < 4.78 is 0. The molecule has 45 nitrogen and oxygen atoms in total. The molecule has 1 saturated heterocycles. The van der Waals surface area contributed by atoms with Crippen LogP contribution in [-0.4, -0.2) is 283 Å². The SMILES string of the molecule is CC(C)[C@H](NC(=O)[C@H](CCCCN)NC(=O)[C@H](CCCNC(=N)N)NC(=O)[C@H](CCCCN)NC(=O)[C@H](CCCCN)NC(=O)[C@H](CCCCN)NC(=O)[C@@H]1CCCN1C(=O)CNC(=O)[C@H](Cc1ccc(O)cc1)NC(=O)CNC(=O)[C@H](CS)NC(=O)[C@H](Cc1ccccc1)NC(=O)[C@H](Cc1ccc(O)cc1)NC(=O)CNC(=O)[C@@H](N)CCCCN)C(=O)NCC(=O)NCC(=O)O. The summed E-state index contributed by atoms with van der Waals surface area (Å²) in [5.74, 6) is -16.1. The van der Waals surface area contributed by atoms with Gasteiger partial charge in [0.25, 0.3) is 0 Å². The van der Waals surface area contributed by atoms with E-state index in [4.69, 9.17) is 50.7 Å². The number of phenols is 2. The first-order chi connectivity index (χ1) is 63.0. The zero-order valence-corrected chi connectivity index (χ0v) is 75.9. The van der Waals surface area contributed by atoms with Gasteiger partial charge in [0.15, 0.2) is 5.96 Å². The van der Waals surface area contributed by atoms with Crippen molar-refractivity contribution < 1.29 is 96.8 Å². The van der Waals surface area contributed by atoms with Crippen molar-refractivity contribution in [1.82, 2.24) is 90.0 Å². The van der Waals surface area contributed by atoms with E-state index in [9.17, 15) is 91.7 Å². The minimum Gasteiger partial charge on any atom is -0.508 e. The predicted molar refractivity (Wildman–Crippen MR) is 491 cm³/mol. The Hall–Kier alpha value is -12.4. The van der Waals surface area contributed by atoms with Gasteiger partial charge in [-0.15, -0.1) is 0 Å². The molecule has 732 valence electrons. The molecule has 1 aliphatic rings. The molecule has 12 atom stereocenters. The van der Waals surface area contributed by atoms with Gasteiger partial charge in [0.05, 0.1) is 32.2 Å². The standard InChI is InChI=1S/C86H137N25O20S/c1-51(2)73(85(131)99-45-68(114)96-49-72(118)119)110-81(127)61(24-10-15-39-91)105-80(126)62(25-16-40-95-86(93)94)106-78(124)59(22-8-13-37-89)103-77(123)58(21-7-12-36-88)104-79(125)60(23-9-14-38-90)107-84(130)67-26-17-41-111(67)71(117)48-100-75(121)63(43-53-27-31-55(112)32-28-53)101-70(116)47-98-76(122)66(50-132)109-83(129)65(42-52-18-4-3-5-19-52)108-82(128)64(44-54-29-33-56(113)34-30-54)102-69(115)46-97-74(120)57(92)20-6-11-35-87/h3-5,18-19,27-34,51,57-67,73,112-113,132H,6-17,20-26,35-50,87-92H2,1-2H3,(H,96,114)(H,97,120)(H,98,122)(H,99,131)(H,100,121)(H,101,116)(H,102,115)(H,103,123)(H,104,125)(H,105,126)(H,106,124)(H,107,130)(H,108,128)(H,109,129)(H,110,127)(H,118,119)(H4,93,94,95)/t57-,58-,59-,60-,61-,62-,63-,64-,65-,66-,67-,73-/m0/s1. The first-order valence-corrected chi connectivity index (χ1v) is 45.1. The molecule has 3 aromatic rings. The smallest absolute Gasteiger partial charge is 0.322 e. The van der Waals surface area contributed by atoms with E-state index in [2.05, 4.69) is 97.7 Å². The number of nitrogens with zero attached hydrogens (tertiary/aromatic N) is 1. The highest BCUT2D eigenvalue weighted by Crippen LogP contribution is 2.21. The van der Waals surface area contributed by atoms with E-state index in [0.717, 1.165) is 0 Å². The predicted octanol–water partition coefficient (Wildman–Crippen LogP) is -6.55. The van der Waals surface area contributed by atoms with Gasteiger partial charge in [0.1, 0.15) is 84.5 Å². The topological polar surface area (TPSA) is 753 Å². The molecule has 3 aromatic carbocycles. The number of likely N-dealkylation sites (tertiary alicyclic amines) is 1. The van der Waals surface area contributed by atoms with Gasteiger partial charge in [-0.3, -0.25) is 86.9 Å². The van der Waals surface area contributed by atoms with Crippen molar-refractivity contribution in [3.05, 3.63) is 95.6 Å². The fourth-order valence-corrected chi connectivity index (χ4v) is 14.2. The normalized spacial score (nSPS) is 14.7. The van der Waals surface area contributed by atoms with Crippen molar-refractivity contribution in [1.29, 1.82) is 5.41 Å². The lowest BCUT2D eigenvalue weighted by Crippen LogP contribution is -2.60. The zero-order valence-electron chi connectivity index (χ0n) is 75.0. The molecule has 16 amide bonds. The molecular weight excluding hydrogens is 1740 g/mol. The Morgan fingerprint density at radius 1 is 0.394 bits per heavy atom. The quantitative estimate of drug-likeness (QED) is 0.0108. The van der Waals surface area contributed by atoms with Crippen LogP contribution in [0.1, 0.15) is 153 Å². The molecule has 46 heteroatoms. The highest BCUT2D eigenvalue weighted by Gasteiger charge is 2.40. The number of hydrogen-bond acceptors (Lipinski definition) is 27. The second kappa shape index (κ2) is 62.1. The van der Waals surface area contributed by atoms with Crippen LogP contribution in [0.5, 0.6) is 11.5 Å². The van der Waals surface area contributed by atoms with E-state index in [-0.39, 0.29) is 146 Å². The maximum atomic E-state index is 14.8. The summed E-state index contributed by atoms with van der Waals surface area (Å²) in [5.41, 5.74) is 42.0. The van der Waals surface area contributed by atoms with Gasteiger partial charge in [-0.2, -0.15) is 12.6 Å². The summed E-state index contributed by atoms with van der Waals surface area (Å²) in [6.45, 7) is 1.04. The number of benzene rings is 3. The third-order valence-corrected chi connectivity index (χ3v) is 21.6. The van der Waals surface area contributed by atoms with Gasteiger partial charge >= 0.3 is 5.97 Å². The first kappa shape index (κ1) is 112. The second-order valence-electron chi connectivity index (χ2n) is 32.3. The lowest BCUT2D eigenvalue weighted by Gasteiger charge is -2.29. The molecule has 1 aliphatic heterocycles. The maximum absolute atomic E-state index is 14.8. The number of unbranched alkanes of at least 4 members (excludes halogenated alkanes) is 5. The van der Waals surface area contributed by atoms with Crippen LogP contribution in [0.4, 0.5) is 0 Å². The van der Waals surface area contributed by atoms with E-state index in [0.29, 0.717) is 81.0 Å². The number of carboxylic acid groups (broad SMARTS) is 1. The number of carbonyl (C=O) groups excluding carboxylic acids is 16. The number of carboxylic acids is 1. The lowest BCUT2D eigenvalue weighted by atomic mass is 10.0. The average Bonchev–Trinajstić information content (AvgIpc) is 1.76. The van der Waals surface area contributed by atoms with Gasteiger partial charge in [-0.25, -0.2) is 0 Å². The van der Waals surface area contributed by atoms with E-state index in [1.165, 1.54) is 53.4 Å². The average molecular weight is 1870 g/mol. The Labute approximate surface area is 772 Å². The van der Waals surface area contributed by atoms with Gasteiger partial charge in [-0.1, -0.05) is 74.9 Å². The molecule has 0 bridgehead atoms. The molecule has 0 aliphatic carbocycles. The monoisotopic (exact) mass is 1870 g/mol. The molecule has 4 rings (SSSR count). The van der Waals surface area contributed by atoms with Crippen molar-refractivity contribution >= 4 is 119 Å². The molecule has 0 unspecified atom stereocenters. The highest BCUT2D eigenvalue weighted by atomic mass is 32.1. The Bertz CT molecular complexity index is 4240. The Morgan fingerprint density at radius 2 is 0.750 bits per heavy atom. The van der Waals surface area contributed by atoms with Crippen molar-refractivity contribution in [2.75, 3.05) is 84.3 Å². The maximum Gasteiger partial charge on any atom is 0.322 e. The van der Waals surface area contributed by atoms with Gasteiger partial charge in [0, 0.05) is 38.1 Å². The lowest BCUT2D eigenvalue weighted by molar-refractivity contribution is -0.140. The van der Waals surface area contributed by atoms with E-state index in [1.54, 1.807) is 44.2 Å². The van der Waals surface area contributed by atoms with Crippen LogP contribution in [0.2, 0.25) is 0 Å². The van der Waals surface area contributed by atoms with Crippen LogP contribution in [0.3, 0.4) is 0 Å². The van der Waals surface area contributed by atoms with Gasteiger partial charge in [0.2, 0.25) is 94.5 Å². The summed E-state index contributed by atoms with van der Waals surface area (Å²) in [4.78, 5) is 237. The molecule has 0 radical (unpaired) electrons. The van der Waals surface area contributed by atoms with E-state index >= 15 is 0 Å². The minimum atomic E-state index is -1.47. The van der Waals surface area contributed by atoms with Crippen molar-refractivity contribution in [3.63, 3.8) is 0 Å². The number of nitrogens with one attached hydrogen (secondary N) is 17. The summed E-state index contributed by atoms with van der Waals surface area (Å²) in [6.07, 6.45) is 3.93. The number of aliphatic carboxylic acids is 1. The summed E-state index contributed by atoms with van der Waals surface area (Å²) in [7, 11) is 0. The molecule has 1 fully saturated rings. The third kappa shape index (κ3) is 43.1. The Kier molecular flexibility index (Phi) is 52.6. The largest absolute Gasteiger partial charge is 0.508 e. The number of carbonyl (C=O) groups is 17.